The molecule has 0 aliphatic rings. The number of pyridine rings is 1. The van der Waals surface area contributed by atoms with Gasteiger partial charge in [-0.05, 0) is 41.4 Å². The third-order valence-electron chi connectivity index (χ3n) is 3.17. The highest BCUT2D eigenvalue weighted by atomic mass is 79.9. The van der Waals surface area contributed by atoms with Crippen molar-refractivity contribution in [2.24, 2.45) is 0 Å². The predicted octanol–water partition coefficient (Wildman–Crippen LogP) is 3.04. The molecule has 6 heteroatoms. The summed E-state index contributed by atoms with van der Waals surface area (Å²) in [5, 5.41) is 14.7. The van der Waals surface area contributed by atoms with Crippen molar-refractivity contribution in [3.8, 4) is 0 Å². The molecule has 20 heavy (non-hydrogen) atoms. The van der Waals surface area contributed by atoms with Crippen LogP contribution in [0.25, 0.3) is 0 Å². The first-order chi connectivity index (χ1) is 9.56. The first-order valence-corrected chi connectivity index (χ1v) is 7.39. The Hall–Kier alpha value is -1.27. The second-order valence-corrected chi connectivity index (χ2v) is 5.29. The van der Waals surface area contributed by atoms with Gasteiger partial charge in [0, 0.05) is 13.0 Å². The van der Waals surface area contributed by atoms with E-state index in [-0.39, 0.29) is 0 Å². The van der Waals surface area contributed by atoms with Crippen molar-refractivity contribution in [2.45, 2.75) is 39.3 Å². The quantitative estimate of drug-likeness (QED) is 0.909. The van der Waals surface area contributed by atoms with Gasteiger partial charge in [0.25, 0.3) is 0 Å². The summed E-state index contributed by atoms with van der Waals surface area (Å²) in [4.78, 5) is 3.92. The van der Waals surface area contributed by atoms with Gasteiger partial charge >= 0.3 is 0 Å². The number of rotatable bonds is 5. The number of aromatic nitrogens is 3. The average molecular weight is 342 g/mol. The van der Waals surface area contributed by atoms with Crippen LogP contribution in [0, 0.1) is 5.82 Å². The van der Waals surface area contributed by atoms with Gasteiger partial charge in [0.1, 0.15) is 11.9 Å². The van der Waals surface area contributed by atoms with Gasteiger partial charge in [-0.1, -0.05) is 6.92 Å². The maximum Gasteiger partial charge on any atom is 0.141 e. The Kier molecular flexibility index (Phi) is 4.88. The lowest BCUT2D eigenvalue weighted by atomic mass is 10.1. The number of aryl methyl sites for hydroxylation is 2. The van der Waals surface area contributed by atoms with E-state index in [2.05, 4.69) is 26.0 Å². The van der Waals surface area contributed by atoms with Crippen molar-refractivity contribution in [2.75, 3.05) is 0 Å². The highest BCUT2D eigenvalue weighted by Gasteiger charge is 2.19. The number of hydrogen-bond donors (Lipinski definition) is 1. The first-order valence-electron chi connectivity index (χ1n) is 6.60. The molecule has 2 aromatic heterocycles. The lowest BCUT2D eigenvalue weighted by Crippen LogP contribution is -2.10. The Morgan fingerprint density at radius 3 is 2.70 bits per heavy atom. The molecule has 108 valence electrons. The topological polar surface area (TPSA) is 50.9 Å². The SMILES string of the molecule is CCc1nn(CC)c(CC(O)c2ccc(F)cn2)c1Br. The van der Waals surface area contributed by atoms with E-state index in [1.54, 1.807) is 0 Å². The molecule has 2 rings (SSSR count). The Balaban J connectivity index is 2.25. The molecule has 0 spiro atoms. The monoisotopic (exact) mass is 341 g/mol. The zero-order chi connectivity index (χ0) is 14.7. The molecule has 0 radical (unpaired) electrons. The van der Waals surface area contributed by atoms with Crippen molar-refractivity contribution in [1.82, 2.24) is 14.8 Å². The van der Waals surface area contributed by atoms with Gasteiger partial charge in [-0.3, -0.25) is 9.67 Å². The summed E-state index contributed by atoms with van der Waals surface area (Å²) >= 11 is 3.54. The minimum Gasteiger partial charge on any atom is -0.386 e. The van der Waals surface area contributed by atoms with E-state index >= 15 is 0 Å². The molecule has 0 aliphatic heterocycles. The molecule has 1 N–H and O–H groups in total. The molecule has 0 aromatic carbocycles. The van der Waals surface area contributed by atoms with E-state index in [0.717, 1.165) is 35.0 Å². The Bertz CT molecular complexity index is 583. The van der Waals surface area contributed by atoms with Gasteiger partial charge in [0.05, 0.1) is 27.8 Å². The summed E-state index contributed by atoms with van der Waals surface area (Å²) in [6.07, 6.45) is 1.55. The van der Waals surface area contributed by atoms with E-state index in [1.807, 2.05) is 18.5 Å². The molecule has 4 nitrogen and oxygen atoms in total. The smallest absolute Gasteiger partial charge is 0.141 e. The van der Waals surface area contributed by atoms with Crippen molar-refractivity contribution in [1.29, 1.82) is 0 Å². The van der Waals surface area contributed by atoms with Gasteiger partial charge < -0.3 is 5.11 Å². The van der Waals surface area contributed by atoms with Crippen LogP contribution in [0.1, 0.15) is 37.0 Å². The van der Waals surface area contributed by atoms with Crippen LogP contribution >= 0.6 is 15.9 Å². The molecule has 1 atom stereocenters. The molecule has 0 amide bonds. The van der Waals surface area contributed by atoms with Gasteiger partial charge in [-0.25, -0.2) is 4.39 Å². The Morgan fingerprint density at radius 1 is 1.40 bits per heavy atom. The minimum atomic E-state index is -0.779. The van der Waals surface area contributed by atoms with Gasteiger partial charge in [0.15, 0.2) is 0 Å². The largest absolute Gasteiger partial charge is 0.386 e. The van der Waals surface area contributed by atoms with Crippen molar-refractivity contribution in [3.63, 3.8) is 0 Å². The highest BCUT2D eigenvalue weighted by Crippen LogP contribution is 2.26. The van der Waals surface area contributed by atoms with Crippen LogP contribution in [0.15, 0.2) is 22.8 Å². The summed E-state index contributed by atoms with van der Waals surface area (Å²) in [5.74, 6) is -0.408. The highest BCUT2D eigenvalue weighted by molar-refractivity contribution is 9.10. The van der Waals surface area contributed by atoms with Crippen LogP contribution in [0.5, 0.6) is 0 Å². The standard InChI is InChI=1S/C14H17BrFN3O/c1-3-10-14(15)12(19(4-2)18-10)7-13(20)11-6-5-9(16)8-17-11/h5-6,8,13,20H,3-4,7H2,1-2H3. The molecule has 0 saturated heterocycles. The van der Waals surface area contributed by atoms with Gasteiger partial charge in [0.2, 0.25) is 0 Å². The van der Waals surface area contributed by atoms with Gasteiger partial charge in [-0.2, -0.15) is 5.10 Å². The van der Waals surface area contributed by atoms with E-state index in [9.17, 15) is 9.50 Å². The zero-order valence-electron chi connectivity index (χ0n) is 11.5. The van der Waals surface area contributed by atoms with E-state index < -0.39 is 11.9 Å². The third-order valence-corrected chi connectivity index (χ3v) is 4.09. The van der Waals surface area contributed by atoms with Crippen LogP contribution in [0.3, 0.4) is 0 Å². The molecule has 1 unspecified atom stereocenters. The second-order valence-electron chi connectivity index (χ2n) is 4.50. The fourth-order valence-electron chi connectivity index (χ4n) is 2.08. The summed E-state index contributed by atoms with van der Waals surface area (Å²) in [7, 11) is 0. The number of aliphatic hydroxyl groups is 1. The third kappa shape index (κ3) is 3.07. The number of aliphatic hydroxyl groups excluding tert-OH is 1. The molecular formula is C14H17BrFN3O. The maximum atomic E-state index is 12.8. The summed E-state index contributed by atoms with van der Waals surface area (Å²) in [6, 6.07) is 2.80. The van der Waals surface area contributed by atoms with Gasteiger partial charge in [-0.15, -0.1) is 0 Å². The molecule has 0 saturated carbocycles. The number of nitrogens with zero attached hydrogens (tertiary/aromatic N) is 3. The van der Waals surface area contributed by atoms with Crippen LogP contribution in [0.2, 0.25) is 0 Å². The average Bonchev–Trinajstić information content (AvgIpc) is 2.76. The minimum absolute atomic E-state index is 0.389. The van der Waals surface area contributed by atoms with Crippen LogP contribution in [-0.4, -0.2) is 19.9 Å². The van der Waals surface area contributed by atoms with Crippen molar-refractivity contribution in [3.05, 3.63) is 45.7 Å². The predicted molar refractivity (Wildman–Crippen MR) is 77.8 cm³/mol. The van der Waals surface area contributed by atoms with Crippen LogP contribution in [0.4, 0.5) is 4.39 Å². The molecule has 2 aromatic rings. The Labute approximate surface area is 125 Å². The summed E-state index contributed by atoms with van der Waals surface area (Å²) in [5.41, 5.74) is 2.37. The molecular weight excluding hydrogens is 325 g/mol. The second kappa shape index (κ2) is 6.45. The van der Waals surface area contributed by atoms with Crippen LogP contribution in [-0.2, 0) is 19.4 Å². The molecule has 0 fully saturated rings. The van der Waals surface area contributed by atoms with E-state index in [1.165, 1.54) is 12.1 Å². The molecule has 2 heterocycles. The fourth-order valence-corrected chi connectivity index (χ4v) is 2.81. The number of halogens is 2. The van der Waals surface area contributed by atoms with Crippen LogP contribution < -0.4 is 0 Å². The first kappa shape index (κ1) is 15.1. The van der Waals surface area contributed by atoms with Crippen molar-refractivity contribution >= 4 is 15.9 Å². The summed E-state index contributed by atoms with van der Waals surface area (Å²) in [6.45, 7) is 4.78. The Morgan fingerprint density at radius 2 is 2.15 bits per heavy atom. The van der Waals surface area contributed by atoms with Crippen molar-refractivity contribution < 1.29 is 9.50 Å². The number of hydrogen-bond acceptors (Lipinski definition) is 3. The maximum absolute atomic E-state index is 12.8. The lowest BCUT2D eigenvalue weighted by molar-refractivity contribution is 0.170. The van der Waals surface area contributed by atoms with E-state index in [4.69, 9.17) is 0 Å². The zero-order valence-corrected chi connectivity index (χ0v) is 13.1. The van der Waals surface area contributed by atoms with E-state index in [0.29, 0.717) is 12.1 Å². The fraction of sp³-hybridized carbons (Fsp3) is 0.429. The normalized spacial score (nSPS) is 12.7. The summed E-state index contributed by atoms with van der Waals surface area (Å²) < 4.78 is 15.6. The lowest BCUT2D eigenvalue weighted by Gasteiger charge is -2.11. The molecule has 0 bridgehead atoms. The molecule has 0 aliphatic carbocycles.